The van der Waals surface area contributed by atoms with Gasteiger partial charge in [0, 0.05) is 5.38 Å². The van der Waals surface area contributed by atoms with Gasteiger partial charge >= 0.3 is 0 Å². The highest BCUT2D eigenvalue weighted by Crippen LogP contribution is 2.22. The molecule has 0 aromatic carbocycles. The standard InChI is InChI=1S/C6H11ClO2/c7-4-1-5(8)3-6(9)2-4/h4-6,8-9H,1-3H2. The molecule has 0 aromatic rings. The summed E-state index contributed by atoms with van der Waals surface area (Å²) >= 11 is 5.69. The number of alkyl halides is 1. The van der Waals surface area contributed by atoms with Crippen molar-refractivity contribution in [2.24, 2.45) is 0 Å². The number of aliphatic hydroxyl groups excluding tert-OH is 2. The van der Waals surface area contributed by atoms with Crippen LogP contribution >= 0.6 is 11.6 Å². The Kier molecular flexibility index (Phi) is 2.33. The highest BCUT2D eigenvalue weighted by molar-refractivity contribution is 6.20. The summed E-state index contributed by atoms with van der Waals surface area (Å²) in [7, 11) is 0. The van der Waals surface area contributed by atoms with Crippen molar-refractivity contribution in [2.45, 2.75) is 36.8 Å². The Balaban J connectivity index is 2.34. The van der Waals surface area contributed by atoms with Crippen LogP contribution in [0.15, 0.2) is 0 Å². The molecule has 0 spiro atoms. The summed E-state index contributed by atoms with van der Waals surface area (Å²) in [6, 6.07) is 0. The van der Waals surface area contributed by atoms with E-state index in [-0.39, 0.29) is 5.38 Å². The monoisotopic (exact) mass is 150 g/mol. The molecule has 0 aliphatic heterocycles. The minimum absolute atomic E-state index is 0.0382. The Morgan fingerprint density at radius 1 is 1.00 bits per heavy atom. The molecule has 0 bridgehead atoms. The molecule has 0 heterocycles. The molecule has 1 saturated carbocycles. The van der Waals surface area contributed by atoms with Crippen LogP contribution in [0.2, 0.25) is 0 Å². The van der Waals surface area contributed by atoms with Gasteiger partial charge in [0.25, 0.3) is 0 Å². The molecule has 0 aromatic heterocycles. The predicted octanol–water partition coefficient (Wildman–Crippen LogP) is 0.500. The van der Waals surface area contributed by atoms with E-state index in [0.29, 0.717) is 19.3 Å². The zero-order valence-electron chi connectivity index (χ0n) is 5.13. The smallest absolute Gasteiger partial charge is 0.0579 e. The summed E-state index contributed by atoms with van der Waals surface area (Å²) in [5, 5.41) is 18.0. The van der Waals surface area contributed by atoms with E-state index in [1.807, 2.05) is 0 Å². The number of hydrogen-bond acceptors (Lipinski definition) is 2. The van der Waals surface area contributed by atoms with Gasteiger partial charge in [0.15, 0.2) is 0 Å². The molecule has 1 aliphatic rings. The molecule has 0 saturated heterocycles. The summed E-state index contributed by atoms with van der Waals surface area (Å²) in [6.45, 7) is 0. The molecule has 2 atom stereocenters. The summed E-state index contributed by atoms with van der Waals surface area (Å²) in [6.07, 6.45) is 0.952. The van der Waals surface area contributed by atoms with Crippen LogP contribution in [0.25, 0.3) is 0 Å². The molecule has 2 unspecified atom stereocenters. The van der Waals surface area contributed by atoms with Crippen LogP contribution in [-0.4, -0.2) is 27.8 Å². The zero-order valence-corrected chi connectivity index (χ0v) is 5.88. The number of aliphatic hydroxyl groups is 2. The first-order chi connectivity index (χ1) is 4.18. The fourth-order valence-corrected chi connectivity index (χ4v) is 1.60. The zero-order chi connectivity index (χ0) is 6.85. The van der Waals surface area contributed by atoms with Crippen molar-refractivity contribution < 1.29 is 10.2 Å². The van der Waals surface area contributed by atoms with E-state index in [1.165, 1.54) is 0 Å². The highest BCUT2D eigenvalue weighted by Gasteiger charge is 2.24. The van der Waals surface area contributed by atoms with E-state index in [9.17, 15) is 0 Å². The SMILES string of the molecule is OC1CC(O)CC(Cl)C1. The second-order valence-electron chi connectivity index (χ2n) is 2.61. The third kappa shape index (κ3) is 2.12. The predicted molar refractivity (Wildman–Crippen MR) is 35.5 cm³/mol. The molecule has 54 valence electrons. The van der Waals surface area contributed by atoms with Gasteiger partial charge in [-0.05, 0) is 19.3 Å². The number of hydrogen-bond donors (Lipinski definition) is 2. The largest absolute Gasteiger partial charge is 0.393 e. The average molecular weight is 151 g/mol. The van der Waals surface area contributed by atoms with E-state index in [0.717, 1.165) is 0 Å². The summed E-state index contributed by atoms with van der Waals surface area (Å²) in [4.78, 5) is 0. The molecular formula is C6H11ClO2. The lowest BCUT2D eigenvalue weighted by molar-refractivity contribution is 0.0426. The molecule has 2 N–H and O–H groups in total. The summed E-state index contributed by atoms with van der Waals surface area (Å²) in [5.41, 5.74) is 0. The van der Waals surface area contributed by atoms with Crippen molar-refractivity contribution in [3.05, 3.63) is 0 Å². The summed E-state index contributed by atoms with van der Waals surface area (Å²) in [5.74, 6) is 0. The highest BCUT2D eigenvalue weighted by atomic mass is 35.5. The topological polar surface area (TPSA) is 40.5 Å². The normalized spacial score (nSPS) is 45.0. The van der Waals surface area contributed by atoms with Gasteiger partial charge < -0.3 is 10.2 Å². The molecule has 0 amide bonds. The first kappa shape index (κ1) is 7.32. The van der Waals surface area contributed by atoms with Crippen molar-refractivity contribution in [2.75, 3.05) is 0 Å². The molecule has 9 heavy (non-hydrogen) atoms. The van der Waals surface area contributed by atoms with Gasteiger partial charge in [-0.2, -0.15) is 0 Å². The van der Waals surface area contributed by atoms with Crippen LogP contribution in [0.5, 0.6) is 0 Å². The first-order valence-corrected chi connectivity index (χ1v) is 3.62. The second kappa shape index (κ2) is 2.86. The maximum Gasteiger partial charge on any atom is 0.0579 e. The van der Waals surface area contributed by atoms with E-state index >= 15 is 0 Å². The van der Waals surface area contributed by atoms with Gasteiger partial charge in [0.05, 0.1) is 12.2 Å². The molecule has 1 fully saturated rings. The molecule has 0 radical (unpaired) electrons. The Bertz CT molecular complexity index is 72.0. The lowest BCUT2D eigenvalue weighted by Crippen LogP contribution is -2.29. The Morgan fingerprint density at radius 2 is 1.44 bits per heavy atom. The lowest BCUT2D eigenvalue weighted by Gasteiger charge is -2.25. The van der Waals surface area contributed by atoms with Crippen LogP contribution in [0, 0.1) is 0 Å². The van der Waals surface area contributed by atoms with Gasteiger partial charge in [0.2, 0.25) is 0 Å². The van der Waals surface area contributed by atoms with Crippen LogP contribution in [0.1, 0.15) is 19.3 Å². The number of rotatable bonds is 0. The van der Waals surface area contributed by atoms with E-state index in [4.69, 9.17) is 21.8 Å². The van der Waals surface area contributed by atoms with Crippen LogP contribution in [0.4, 0.5) is 0 Å². The molecule has 1 aliphatic carbocycles. The summed E-state index contributed by atoms with van der Waals surface area (Å²) < 4.78 is 0. The number of halogens is 1. The fraction of sp³-hybridized carbons (Fsp3) is 1.00. The molecule has 3 heteroatoms. The van der Waals surface area contributed by atoms with E-state index in [1.54, 1.807) is 0 Å². The van der Waals surface area contributed by atoms with E-state index < -0.39 is 12.2 Å². The minimum Gasteiger partial charge on any atom is -0.393 e. The quantitative estimate of drug-likeness (QED) is 0.494. The van der Waals surface area contributed by atoms with Gasteiger partial charge in [0.1, 0.15) is 0 Å². The minimum atomic E-state index is -0.392. The van der Waals surface area contributed by atoms with Gasteiger partial charge in [-0.25, -0.2) is 0 Å². The van der Waals surface area contributed by atoms with Crippen molar-refractivity contribution in [1.82, 2.24) is 0 Å². The third-order valence-corrected chi connectivity index (χ3v) is 1.96. The van der Waals surface area contributed by atoms with E-state index in [2.05, 4.69) is 0 Å². The van der Waals surface area contributed by atoms with Gasteiger partial charge in [-0.3, -0.25) is 0 Å². The van der Waals surface area contributed by atoms with Gasteiger partial charge in [-0.15, -0.1) is 11.6 Å². The Hall–Kier alpha value is 0.210. The Labute approximate surface area is 59.4 Å². The maximum absolute atomic E-state index is 9.01. The lowest BCUT2D eigenvalue weighted by atomic mass is 9.95. The average Bonchev–Trinajstić information content (AvgIpc) is 1.59. The van der Waals surface area contributed by atoms with Gasteiger partial charge in [-0.1, -0.05) is 0 Å². The Morgan fingerprint density at radius 3 is 1.78 bits per heavy atom. The fourth-order valence-electron chi connectivity index (χ4n) is 1.19. The van der Waals surface area contributed by atoms with Crippen molar-refractivity contribution >= 4 is 11.6 Å². The van der Waals surface area contributed by atoms with Crippen LogP contribution in [0.3, 0.4) is 0 Å². The first-order valence-electron chi connectivity index (χ1n) is 3.18. The van der Waals surface area contributed by atoms with Crippen molar-refractivity contribution in [1.29, 1.82) is 0 Å². The molecule has 1 rings (SSSR count). The third-order valence-electron chi connectivity index (χ3n) is 1.60. The molecular weight excluding hydrogens is 140 g/mol. The van der Waals surface area contributed by atoms with Crippen LogP contribution < -0.4 is 0 Å². The second-order valence-corrected chi connectivity index (χ2v) is 3.23. The van der Waals surface area contributed by atoms with Crippen LogP contribution in [-0.2, 0) is 0 Å². The van der Waals surface area contributed by atoms with Crippen molar-refractivity contribution in [3.63, 3.8) is 0 Å². The maximum atomic E-state index is 9.01. The molecule has 2 nitrogen and oxygen atoms in total. The van der Waals surface area contributed by atoms with Crippen molar-refractivity contribution in [3.8, 4) is 0 Å².